The lowest BCUT2D eigenvalue weighted by atomic mass is 10.0. The van der Waals surface area contributed by atoms with Crippen LogP contribution in [0.3, 0.4) is 0 Å². The van der Waals surface area contributed by atoms with E-state index in [0.717, 1.165) is 23.8 Å². The van der Waals surface area contributed by atoms with Crippen molar-refractivity contribution in [1.82, 2.24) is 4.90 Å². The average molecular weight is 285 g/mol. The van der Waals surface area contributed by atoms with Gasteiger partial charge in [0.1, 0.15) is 18.8 Å². The molecule has 3 rings (SSSR count). The molecule has 1 aromatic carbocycles. The van der Waals surface area contributed by atoms with Crippen LogP contribution in [0.5, 0.6) is 0 Å². The number of hydrogen-bond donors (Lipinski definition) is 0. The quantitative estimate of drug-likeness (QED) is 0.743. The van der Waals surface area contributed by atoms with Crippen LogP contribution in [-0.4, -0.2) is 54.2 Å². The Balaban J connectivity index is 2.30. The molecule has 0 atom stereocenters. The van der Waals surface area contributed by atoms with Gasteiger partial charge in [-0.15, -0.1) is 0 Å². The zero-order valence-electron chi connectivity index (χ0n) is 13.3. The topological polar surface area (TPSA) is 38.9 Å². The lowest BCUT2D eigenvalue weighted by molar-refractivity contribution is -0.435. The normalized spacial score (nSPS) is 17.8. The summed E-state index contributed by atoms with van der Waals surface area (Å²) >= 11 is 0. The van der Waals surface area contributed by atoms with Gasteiger partial charge in [0.25, 0.3) is 0 Å². The molecule has 2 aliphatic heterocycles. The van der Waals surface area contributed by atoms with Crippen LogP contribution in [0, 0.1) is 13.8 Å². The molecule has 2 amide bonds. The number of urea groups is 1. The molecule has 0 fully saturated rings. The standard InChI is InChI=1S/C16H21N4O/c1-6-20-13-8-11(3)10(2)7-12(13)19(5)15-14(20)9-18(4)16(21)17-15/h7-8H,6,9H2,1-5H3/q+1. The number of hydrogen-bond acceptors (Lipinski definition) is 2. The van der Waals surface area contributed by atoms with E-state index in [4.69, 9.17) is 0 Å². The van der Waals surface area contributed by atoms with Crippen molar-refractivity contribution in [3.05, 3.63) is 23.3 Å². The van der Waals surface area contributed by atoms with Crippen LogP contribution in [0.4, 0.5) is 16.2 Å². The van der Waals surface area contributed by atoms with E-state index < -0.39 is 0 Å². The molecule has 2 aliphatic rings. The van der Waals surface area contributed by atoms with Gasteiger partial charge in [0, 0.05) is 20.2 Å². The highest BCUT2D eigenvalue weighted by atomic mass is 16.2. The third kappa shape index (κ3) is 1.95. The molecule has 0 saturated heterocycles. The van der Waals surface area contributed by atoms with Gasteiger partial charge >= 0.3 is 6.03 Å². The van der Waals surface area contributed by atoms with Crippen molar-refractivity contribution in [1.29, 1.82) is 0 Å². The first-order chi connectivity index (χ1) is 9.93. The summed E-state index contributed by atoms with van der Waals surface area (Å²) in [4.78, 5) is 19.9. The number of amides is 2. The van der Waals surface area contributed by atoms with E-state index in [9.17, 15) is 4.79 Å². The van der Waals surface area contributed by atoms with Crippen molar-refractivity contribution in [3.8, 4) is 0 Å². The third-order valence-electron chi connectivity index (χ3n) is 4.38. The summed E-state index contributed by atoms with van der Waals surface area (Å²) in [5.74, 6) is 0.774. The minimum absolute atomic E-state index is 0.177. The molecular weight excluding hydrogens is 264 g/mol. The summed E-state index contributed by atoms with van der Waals surface area (Å²) in [7, 11) is 3.78. The number of carbonyl (C=O) groups is 1. The molecule has 21 heavy (non-hydrogen) atoms. The van der Waals surface area contributed by atoms with Gasteiger partial charge in [-0.2, -0.15) is 9.57 Å². The first-order valence-corrected chi connectivity index (χ1v) is 7.26. The zero-order valence-corrected chi connectivity index (χ0v) is 13.3. The molecule has 0 spiro atoms. The van der Waals surface area contributed by atoms with Gasteiger partial charge in [0.15, 0.2) is 0 Å². The second-order valence-corrected chi connectivity index (χ2v) is 5.75. The minimum atomic E-state index is -0.177. The van der Waals surface area contributed by atoms with Crippen molar-refractivity contribution in [2.75, 3.05) is 32.1 Å². The fraction of sp³-hybridized carbons (Fsp3) is 0.438. The van der Waals surface area contributed by atoms with E-state index in [1.807, 2.05) is 11.9 Å². The maximum absolute atomic E-state index is 11.9. The van der Waals surface area contributed by atoms with Crippen LogP contribution in [0.1, 0.15) is 18.1 Å². The Kier molecular flexibility index (Phi) is 3.08. The molecular formula is C16H21N4O+. The van der Waals surface area contributed by atoms with Gasteiger partial charge in [0.2, 0.25) is 17.2 Å². The van der Waals surface area contributed by atoms with Crippen molar-refractivity contribution >= 4 is 29.0 Å². The number of anilines is 1. The molecule has 0 aromatic heterocycles. The molecule has 0 radical (unpaired) electrons. The van der Waals surface area contributed by atoms with Gasteiger partial charge < -0.3 is 9.80 Å². The second kappa shape index (κ2) is 4.69. The number of fused-ring (bicyclic) bond motifs is 2. The maximum atomic E-state index is 11.9. The zero-order chi connectivity index (χ0) is 15.3. The van der Waals surface area contributed by atoms with E-state index in [1.54, 1.807) is 11.9 Å². The lowest BCUT2D eigenvalue weighted by Gasteiger charge is -2.32. The van der Waals surface area contributed by atoms with Crippen LogP contribution in [0.15, 0.2) is 17.1 Å². The SMILES string of the molecule is CC[N+]1=C2CN(C)C(=O)N=C2N(C)c2cc(C)c(C)cc21. The van der Waals surface area contributed by atoms with E-state index in [-0.39, 0.29) is 6.03 Å². The van der Waals surface area contributed by atoms with Crippen molar-refractivity contribution in [3.63, 3.8) is 0 Å². The first kappa shape index (κ1) is 13.8. The molecule has 5 nitrogen and oxygen atoms in total. The van der Waals surface area contributed by atoms with Crippen LogP contribution < -0.4 is 4.90 Å². The van der Waals surface area contributed by atoms with Gasteiger partial charge in [-0.3, -0.25) is 0 Å². The van der Waals surface area contributed by atoms with Crippen molar-refractivity contribution < 1.29 is 9.37 Å². The van der Waals surface area contributed by atoms with E-state index >= 15 is 0 Å². The number of benzene rings is 1. The Labute approximate surface area is 125 Å². The van der Waals surface area contributed by atoms with E-state index in [2.05, 4.69) is 42.5 Å². The van der Waals surface area contributed by atoms with Crippen LogP contribution in [0.25, 0.3) is 0 Å². The summed E-state index contributed by atoms with van der Waals surface area (Å²) in [6.45, 7) is 7.84. The average Bonchev–Trinajstić information content (AvgIpc) is 2.44. The largest absolute Gasteiger partial charge is 0.346 e. The highest BCUT2D eigenvalue weighted by Crippen LogP contribution is 2.35. The summed E-state index contributed by atoms with van der Waals surface area (Å²) < 4.78 is 2.27. The third-order valence-corrected chi connectivity index (χ3v) is 4.38. The monoisotopic (exact) mass is 285 g/mol. The smallest absolute Gasteiger partial charge is 0.318 e. The molecule has 5 heteroatoms. The predicted octanol–water partition coefficient (Wildman–Crippen LogP) is 2.32. The summed E-state index contributed by atoms with van der Waals surface area (Å²) in [5, 5.41) is 0. The number of amidine groups is 1. The summed E-state index contributed by atoms with van der Waals surface area (Å²) in [5.41, 5.74) is 5.93. The number of carbonyl (C=O) groups excluding carboxylic acids is 1. The van der Waals surface area contributed by atoms with E-state index in [1.165, 1.54) is 16.8 Å². The fourth-order valence-corrected chi connectivity index (χ4v) is 2.97. The molecule has 0 saturated carbocycles. The Morgan fingerprint density at radius 2 is 1.90 bits per heavy atom. The number of nitrogens with zero attached hydrogens (tertiary/aromatic N) is 4. The highest BCUT2D eigenvalue weighted by molar-refractivity contribution is 6.48. The second-order valence-electron chi connectivity index (χ2n) is 5.75. The van der Waals surface area contributed by atoms with Crippen LogP contribution in [-0.2, 0) is 0 Å². The number of aryl methyl sites for hydroxylation is 2. The molecule has 0 N–H and O–H groups in total. The first-order valence-electron chi connectivity index (χ1n) is 7.26. The Bertz CT molecular complexity index is 702. The molecule has 0 bridgehead atoms. The van der Waals surface area contributed by atoms with Gasteiger partial charge in [-0.05, 0) is 38.0 Å². The van der Waals surface area contributed by atoms with Crippen LogP contribution in [0.2, 0.25) is 0 Å². The molecule has 110 valence electrons. The molecule has 2 heterocycles. The highest BCUT2D eigenvalue weighted by Gasteiger charge is 2.39. The fourth-order valence-electron chi connectivity index (χ4n) is 2.97. The Hall–Kier alpha value is -2.17. The lowest BCUT2D eigenvalue weighted by Crippen LogP contribution is -2.51. The van der Waals surface area contributed by atoms with Gasteiger partial charge in [0.05, 0.1) is 0 Å². The Morgan fingerprint density at radius 3 is 2.57 bits per heavy atom. The Morgan fingerprint density at radius 1 is 1.24 bits per heavy atom. The minimum Gasteiger partial charge on any atom is -0.318 e. The van der Waals surface area contributed by atoms with Gasteiger partial charge in [-0.25, -0.2) is 4.79 Å². The number of rotatable bonds is 1. The molecule has 1 aromatic rings. The summed E-state index contributed by atoms with van der Waals surface area (Å²) in [6.07, 6.45) is 0. The molecule has 0 unspecified atom stereocenters. The van der Waals surface area contributed by atoms with Crippen molar-refractivity contribution in [2.24, 2.45) is 4.99 Å². The number of aliphatic imine (C=N–C) groups is 1. The molecule has 0 aliphatic carbocycles. The van der Waals surface area contributed by atoms with Crippen molar-refractivity contribution in [2.45, 2.75) is 20.8 Å². The van der Waals surface area contributed by atoms with Crippen LogP contribution >= 0.6 is 0 Å². The predicted molar refractivity (Wildman–Crippen MR) is 85.2 cm³/mol. The van der Waals surface area contributed by atoms with E-state index in [0.29, 0.717) is 6.54 Å². The maximum Gasteiger partial charge on any atom is 0.346 e. The van der Waals surface area contributed by atoms with Gasteiger partial charge in [-0.1, -0.05) is 0 Å². The summed E-state index contributed by atoms with van der Waals surface area (Å²) in [6, 6.07) is 4.23.